The molecule has 0 aromatic heterocycles. The van der Waals surface area contributed by atoms with Crippen LogP contribution in [0.5, 0.6) is 0 Å². The van der Waals surface area contributed by atoms with Gasteiger partial charge in [0.25, 0.3) is 0 Å². The number of nitrogens with one attached hydrogen (secondary N) is 1. The molecule has 0 aliphatic heterocycles. The Balaban J connectivity index is 1.97. The summed E-state index contributed by atoms with van der Waals surface area (Å²) in [6.45, 7) is 5.88. The van der Waals surface area contributed by atoms with Crippen LogP contribution in [-0.2, 0) is 6.54 Å². The highest BCUT2D eigenvalue weighted by atomic mass is 19.1. The van der Waals surface area contributed by atoms with Gasteiger partial charge in [0.15, 0.2) is 0 Å². The van der Waals surface area contributed by atoms with Crippen LogP contribution < -0.4 is 10.2 Å². The highest BCUT2D eigenvalue weighted by Crippen LogP contribution is 2.29. The maximum atomic E-state index is 14.1. The molecule has 0 bridgehead atoms. The Hall–Kier alpha value is -1.09. The van der Waals surface area contributed by atoms with Gasteiger partial charge in [-0.25, -0.2) is 4.39 Å². The van der Waals surface area contributed by atoms with Crippen molar-refractivity contribution in [1.29, 1.82) is 0 Å². The van der Waals surface area contributed by atoms with Crippen LogP contribution >= 0.6 is 0 Å². The second kappa shape index (κ2) is 6.38. The first kappa shape index (κ1) is 14.3. The smallest absolute Gasteiger partial charge is 0.146 e. The van der Waals surface area contributed by atoms with E-state index in [9.17, 15) is 4.39 Å². The van der Waals surface area contributed by atoms with Gasteiger partial charge in [0.2, 0.25) is 0 Å². The molecule has 1 saturated carbocycles. The molecule has 0 saturated heterocycles. The van der Waals surface area contributed by atoms with E-state index >= 15 is 0 Å². The molecule has 1 fully saturated rings. The maximum absolute atomic E-state index is 14.1. The number of nitrogens with zero attached hydrogens (tertiary/aromatic N) is 1. The molecule has 2 rings (SSSR count). The predicted molar refractivity (Wildman–Crippen MR) is 79.0 cm³/mol. The lowest BCUT2D eigenvalue weighted by atomic mass is 9.85. The lowest BCUT2D eigenvalue weighted by Gasteiger charge is -2.31. The van der Waals surface area contributed by atoms with E-state index < -0.39 is 0 Å². The largest absolute Gasteiger partial charge is 0.372 e. The molecular formula is C16H25FN2. The number of rotatable bonds is 6. The third kappa shape index (κ3) is 3.93. The molecule has 0 unspecified atom stereocenters. The zero-order valence-corrected chi connectivity index (χ0v) is 12.2. The van der Waals surface area contributed by atoms with Crippen molar-refractivity contribution in [2.24, 2.45) is 5.92 Å². The second-order valence-electron chi connectivity index (χ2n) is 6.00. The first-order valence-corrected chi connectivity index (χ1v) is 7.29. The normalized spacial score (nSPS) is 15.6. The van der Waals surface area contributed by atoms with Crippen LogP contribution in [0.15, 0.2) is 18.2 Å². The van der Waals surface area contributed by atoms with Crippen LogP contribution in [-0.4, -0.2) is 19.6 Å². The van der Waals surface area contributed by atoms with Crippen molar-refractivity contribution in [3.8, 4) is 0 Å². The second-order valence-corrected chi connectivity index (χ2v) is 6.00. The molecule has 1 N–H and O–H groups in total. The summed E-state index contributed by atoms with van der Waals surface area (Å²) in [5, 5.41) is 3.31. The molecule has 0 atom stereocenters. The Bertz CT molecular complexity index is 413. The minimum absolute atomic E-state index is 0.107. The summed E-state index contributed by atoms with van der Waals surface area (Å²) in [7, 11) is 1.99. The molecule has 1 aliphatic rings. The predicted octanol–water partition coefficient (Wildman–Crippen LogP) is 3.56. The Morgan fingerprint density at radius 2 is 2.11 bits per heavy atom. The zero-order chi connectivity index (χ0) is 13.8. The maximum Gasteiger partial charge on any atom is 0.146 e. The first-order chi connectivity index (χ1) is 9.06. The first-order valence-electron chi connectivity index (χ1n) is 7.29. The standard InChI is InChI=1S/C16H25FN2/c1-12(2)18-10-14-7-8-16(15(17)9-14)19(3)11-13-5-4-6-13/h7-9,12-13,18H,4-6,10-11H2,1-3H3. The molecule has 3 heteroatoms. The molecule has 0 heterocycles. The van der Waals surface area contributed by atoms with E-state index in [0.717, 1.165) is 30.3 Å². The molecule has 106 valence electrons. The molecule has 0 radical (unpaired) electrons. The molecule has 1 aromatic carbocycles. The lowest BCUT2D eigenvalue weighted by Crippen LogP contribution is -2.30. The van der Waals surface area contributed by atoms with E-state index in [-0.39, 0.29) is 5.82 Å². The van der Waals surface area contributed by atoms with Gasteiger partial charge in [-0.05, 0) is 36.5 Å². The van der Waals surface area contributed by atoms with Crippen LogP contribution in [0.2, 0.25) is 0 Å². The van der Waals surface area contributed by atoms with E-state index in [0.29, 0.717) is 6.04 Å². The third-order valence-corrected chi connectivity index (χ3v) is 3.89. The van der Waals surface area contributed by atoms with Crippen molar-refractivity contribution >= 4 is 5.69 Å². The summed E-state index contributed by atoms with van der Waals surface area (Å²) in [5.41, 5.74) is 1.73. The summed E-state index contributed by atoms with van der Waals surface area (Å²) < 4.78 is 14.1. The number of benzene rings is 1. The third-order valence-electron chi connectivity index (χ3n) is 3.89. The fraction of sp³-hybridized carbons (Fsp3) is 0.625. The number of halogens is 1. The fourth-order valence-corrected chi connectivity index (χ4v) is 2.45. The van der Waals surface area contributed by atoms with Crippen molar-refractivity contribution in [3.63, 3.8) is 0 Å². The lowest BCUT2D eigenvalue weighted by molar-refractivity contribution is 0.321. The molecule has 2 nitrogen and oxygen atoms in total. The van der Waals surface area contributed by atoms with Gasteiger partial charge in [0.1, 0.15) is 5.82 Å². The van der Waals surface area contributed by atoms with Crippen molar-refractivity contribution in [1.82, 2.24) is 5.32 Å². The van der Waals surface area contributed by atoms with E-state index in [1.807, 2.05) is 19.2 Å². The van der Waals surface area contributed by atoms with Gasteiger partial charge < -0.3 is 10.2 Å². The van der Waals surface area contributed by atoms with Crippen LogP contribution in [0.25, 0.3) is 0 Å². The Labute approximate surface area is 116 Å². The molecule has 0 amide bonds. The Kier molecular flexibility index (Phi) is 4.81. The van der Waals surface area contributed by atoms with Crippen molar-refractivity contribution < 1.29 is 4.39 Å². The minimum Gasteiger partial charge on any atom is -0.372 e. The number of hydrogen-bond acceptors (Lipinski definition) is 2. The number of hydrogen-bond donors (Lipinski definition) is 1. The van der Waals surface area contributed by atoms with Gasteiger partial charge in [-0.1, -0.05) is 26.3 Å². The topological polar surface area (TPSA) is 15.3 Å². The van der Waals surface area contributed by atoms with E-state index in [1.165, 1.54) is 19.3 Å². The quantitative estimate of drug-likeness (QED) is 0.845. The highest BCUT2D eigenvalue weighted by molar-refractivity contribution is 5.48. The van der Waals surface area contributed by atoms with E-state index in [2.05, 4.69) is 24.1 Å². The van der Waals surface area contributed by atoms with Gasteiger partial charge >= 0.3 is 0 Å². The summed E-state index contributed by atoms with van der Waals surface area (Å²) in [6.07, 6.45) is 3.92. The molecule has 1 aromatic rings. The fourth-order valence-electron chi connectivity index (χ4n) is 2.45. The molecule has 0 spiro atoms. The SMILES string of the molecule is CC(C)NCc1ccc(N(C)CC2CCC2)c(F)c1. The van der Waals surface area contributed by atoms with Crippen LogP contribution in [0.3, 0.4) is 0 Å². The van der Waals surface area contributed by atoms with Crippen molar-refractivity contribution in [2.75, 3.05) is 18.5 Å². The summed E-state index contributed by atoms with van der Waals surface area (Å²) in [5.74, 6) is 0.650. The summed E-state index contributed by atoms with van der Waals surface area (Å²) in [6, 6.07) is 6.00. The van der Waals surface area contributed by atoms with E-state index in [1.54, 1.807) is 6.07 Å². The monoisotopic (exact) mass is 264 g/mol. The van der Waals surface area contributed by atoms with Crippen molar-refractivity contribution in [3.05, 3.63) is 29.6 Å². The molecule has 19 heavy (non-hydrogen) atoms. The van der Waals surface area contributed by atoms with Crippen LogP contribution in [0, 0.1) is 11.7 Å². The Morgan fingerprint density at radius 3 is 2.63 bits per heavy atom. The van der Waals surface area contributed by atoms with Crippen molar-refractivity contribution in [2.45, 2.75) is 45.7 Å². The van der Waals surface area contributed by atoms with Gasteiger partial charge in [0, 0.05) is 26.2 Å². The van der Waals surface area contributed by atoms with Crippen LogP contribution in [0.1, 0.15) is 38.7 Å². The average Bonchev–Trinajstić information content (AvgIpc) is 2.31. The van der Waals surface area contributed by atoms with Gasteiger partial charge in [-0.2, -0.15) is 0 Å². The van der Waals surface area contributed by atoms with E-state index in [4.69, 9.17) is 0 Å². The zero-order valence-electron chi connectivity index (χ0n) is 12.2. The van der Waals surface area contributed by atoms with Gasteiger partial charge in [0.05, 0.1) is 5.69 Å². The molecule has 1 aliphatic carbocycles. The number of anilines is 1. The van der Waals surface area contributed by atoms with Gasteiger partial charge in [-0.15, -0.1) is 0 Å². The highest BCUT2D eigenvalue weighted by Gasteiger charge is 2.20. The minimum atomic E-state index is -0.107. The summed E-state index contributed by atoms with van der Waals surface area (Å²) in [4.78, 5) is 2.05. The van der Waals surface area contributed by atoms with Crippen LogP contribution in [0.4, 0.5) is 10.1 Å². The average molecular weight is 264 g/mol. The Morgan fingerprint density at radius 1 is 1.37 bits per heavy atom. The summed E-state index contributed by atoms with van der Waals surface area (Å²) >= 11 is 0. The van der Waals surface area contributed by atoms with Gasteiger partial charge in [-0.3, -0.25) is 0 Å². The molecular weight excluding hydrogens is 239 g/mol.